The fourth-order valence-electron chi connectivity index (χ4n) is 2.05. The number of carbonyl (C=O) groups is 2. The molecule has 0 aliphatic rings. The van der Waals surface area contributed by atoms with Gasteiger partial charge in [-0.05, 0) is 55.8 Å². The van der Waals surface area contributed by atoms with Crippen LogP contribution in [0.2, 0.25) is 5.02 Å². The Morgan fingerprint density at radius 1 is 1.12 bits per heavy atom. The van der Waals surface area contributed by atoms with Crippen molar-refractivity contribution in [3.63, 3.8) is 0 Å². The van der Waals surface area contributed by atoms with Crippen molar-refractivity contribution in [3.05, 3.63) is 64.7 Å². The number of carbonyl (C=O) groups excluding carboxylic acids is 2. The van der Waals surface area contributed by atoms with Crippen molar-refractivity contribution in [3.8, 4) is 5.75 Å². The van der Waals surface area contributed by atoms with Crippen LogP contribution in [0, 0.1) is 0 Å². The number of amides is 1. The fraction of sp³-hybridized carbons (Fsp3) is 0.263. The molecular weight excluding hydrogens is 342 g/mol. The molecule has 0 aromatic heterocycles. The zero-order chi connectivity index (χ0) is 18.2. The topological polar surface area (TPSA) is 64.6 Å². The lowest BCUT2D eigenvalue weighted by Gasteiger charge is -2.10. The van der Waals surface area contributed by atoms with Gasteiger partial charge in [-0.3, -0.25) is 4.79 Å². The molecule has 0 fully saturated rings. The van der Waals surface area contributed by atoms with E-state index in [1.54, 1.807) is 42.5 Å². The van der Waals surface area contributed by atoms with E-state index in [1.807, 2.05) is 19.9 Å². The minimum absolute atomic E-state index is 0.0565. The number of benzene rings is 2. The summed E-state index contributed by atoms with van der Waals surface area (Å²) in [6.45, 7) is 3.82. The molecule has 0 bridgehead atoms. The van der Waals surface area contributed by atoms with Gasteiger partial charge in [0.1, 0.15) is 5.75 Å². The van der Waals surface area contributed by atoms with E-state index < -0.39 is 5.97 Å². The van der Waals surface area contributed by atoms with E-state index >= 15 is 0 Å². The van der Waals surface area contributed by atoms with Crippen LogP contribution in [0.4, 0.5) is 0 Å². The van der Waals surface area contributed by atoms with Crippen molar-refractivity contribution in [2.45, 2.75) is 26.5 Å². The summed E-state index contributed by atoms with van der Waals surface area (Å²) in [4.78, 5) is 23.7. The van der Waals surface area contributed by atoms with Crippen LogP contribution in [0.15, 0.2) is 48.5 Å². The highest BCUT2D eigenvalue weighted by atomic mass is 35.5. The SMILES string of the molecule is CC(C)Oc1ccc(C(=O)OCC(=O)NCc2cccc(Cl)c2)cc1. The van der Waals surface area contributed by atoms with E-state index in [1.165, 1.54) is 0 Å². The molecule has 2 aromatic carbocycles. The molecule has 2 rings (SSSR count). The van der Waals surface area contributed by atoms with E-state index in [4.69, 9.17) is 21.1 Å². The lowest BCUT2D eigenvalue weighted by Crippen LogP contribution is -2.28. The number of nitrogens with one attached hydrogen (secondary N) is 1. The molecule has 1 amide bonds. The first kappa shape index (κ1) is 18.8. The minimum Gasteiger partial charge on any atom is -0.491 e. The van der Waals surface area contributed by atoms with Crippen LogP contribution in [0.5, 0.6) is 5.75 Å². The smallest absolute Gasteiger partial charge is 0.338 e. The van der Waals surface area contributed by atoms with Gasteiger partial charge in [0, 0.05) is 11.6 Å². The number of hydrogen-bond acceptors (Lipinski definition) is 4. The third-order valence-electron chi connectivity index (χ3n) is 3.17. The second-order valence-electron chi connectivity index (χ2n) is 5.67. The van der Waals surface area contributed by atoms with E-state index in [0.717, 1.165) is 5.56 Å². The lowest BCUT2D eigenvalue weighted by molar-refractivity contribution is -0.124. The second kappa shape index (κ2) is 9.08. The van der Waals surface area contributed by atoms with Gasteiger partial charge in [-0.2, -0.15) is 0 Å². The summed E-state index contributed by atoms with van der Waals surface area (Å²) in [6.07, 6.45) is 0.0565. The molecule has 0 saturated heterocycles. The summed E-state index contributed by atoms with van der Waals surface area (Å²) in [5, 5.41) is 3.27. The Morgan fingerprint density at radius 3 is 2.48 bits per heavy atom. The van der Waals surface area contributed by atoms with Gasteiger partial charge in [-0.1, -0.05) is 23.7 Å². The Balaban J connectivity index is 1.78. The highest BCUT2D eigenvalue weighted by molar-refractivity contribution is 6.30. The van der Waals surface area contributed by atoms with Crippen LogP contribution in [-0.2, 0) is 16.1 Å². The van der Waals surface area contributed by atoms with Gasteiger partial charge in [-0.25, -0.2) is 4.79 Å². The third kappa shape index (κ3) is 6.47. The maximum absolute atomic E-state index is 11.9. The summed E-state index contributed by atoms with van der Waals surface area (Å²) in [7, 11) is 0. The van der Waals surface area contributed by atoms with Gasteiger partial charge in [0.2, 0.25) is 0 Å². The average Bonchev–Trinajstić information content (AvgIpc) is 2.58. The maximum Gasteiger partial charge on any atom is 0.338 e. The molecule has 0 spiro atoms. The van der Waals surface area contributed by atoms with Crippen molar-refractivity contribution in [2.24, 2.45) is 0 Å². The second-order valence-corrected chi connectivity index (χ2v) is 6.11. The maximum atomic E-state index is 11.9. The Labute approximate surface area is 151 Å². The Morgan fingerprint density at radius 2 is 1.84 bits per heavy atom. The number of ether oxygens (including phenoxy) is 2. The molecule has 1 N–H and O–H groups in total. The minimum atomic E-state index is -0.561. The average molecular weight is 362 g/mol. The first-order valence-electron chi connectivity index (χ1n) is 7.89. The summed E-state index contributed by atoms with van der Waals surface area (Å²) < 4.78 is 10.5. The van der Waals surface area contributed by atoms with Crippen LogP contribution in [-0.4, -0.2) is 24.6 Å². The van der Waals surface area contributed by atoms with Crippen molar-refractivity contribution in [1.29, 1.82) is 0 Å². The molecule has 0 heterocycles. The third-order valence-corrected chi connectivity index (χ3v) is 3.41. The molecule has 132 valence electrons. The molecule has 25 heavy (non-hydrogen) atoms. The summed E-state index contributed by atoms with van der Waals surface area (Å²) in [5.41, 5.74) is 1.23. The highest BCUT2D eigenvalue weighted by Gasteiger charge is 2.10. The zero-order valence-electron chi connectivity index (χ0n) is 14.1. The van der Waals surface area contributed by atoms with Crippen LogP contribution >= 0.6 is 11.6 Å². The molecule has 6 heteroatoms. The van der Waals surface area contributed by atoms with Gasteiger partial charge in [0.25, 0.3) is 5.91 Å². The van der Waals surface area contributed by atoms with Gasteiger partial charge < -0.3 is 14.8 Å². The predicted molar refractivity (Wildman–Crippen MR) is 95.8 cm³/mol. The van der Waals surface area contributed by atoms with E-state index in [9.17, 15) is 9.59 Å². The van der Waals surface area contributed by atoms with Crippen molar-refractivity contribution < 1.29 is 19.1 Å². The molecule has 0 aliphatic carbocycles. The molecular formula is C19H20ClNO4. The van der Waals surface area contributed by atoms with E-state index in [-0.39, 0.29) is 18.6 Å². The van der Waals surface area contributed by atoms with Crippen molar-refractivity contribution >= 4 is 23.5 Å². The number of hydrogen-bond donors (Lipinski definition) is 1. The molecule has 5 nitrogen and oxygen atoms in total. The van der Waals surface area contributed by atoms with Crippen LogP contribution in [0.3, 0.4) is 0 Å². The molecule has 0 aliphatic heterocycles. The summed E-state index contributed by atoms with van der Waals surface area (Å²) in [6, 6.07) is 13.7. The number of esters is 1. The van der Waals surface area contributed by atoms with E-state index in [0.29, 0.717) is 22.9 Å². The Kier molecular flexibility index (Phi) is 6.83. The molecule has 0 radical (unpaired) electrons. The van der Waals surface area contributed by atoms with Gasteiger partial charge >= 0.3 is 5.97 Å². The fourth-order valence-corrected chi connectivity index (χ4v) is 2.27. The quantitative estimate of drug-likeness (QED) is 0.765. The van der Waals surface area contributed by atoms with Crippen LogP contribution in [0.25, 0.3) is 0 Å². The van der Waals surface area contributed by atoms with Gasteiger partial charge in [0.05, 0.1) is 11.7 Å². The molecule has 0 atom stereocenters. The Hall–Kier alpha value is -2.53. The first-order valence-corrected chi connectivity index (χ1v) is 8.27. The summed E-state index contributed by atoms with van der Waals surface area (Å²) >= 11 is 5.88. The molecule has 0 unspecified atom stereocenters. The van der Waals surface area contributed by atoms with Crippen molar-refractivity contribution in [2.75, 3.05) is 6.61 Å². The largest absolute Gasteiger partial charge is 0.491 e. The Bertz CT molecular complexity index is 728. The number of halogens is 1. The van der Waals surface area contributed by atoms with E-state index in [2.05, 4.69) is 5.32 Å². The normalized spacial score (nSPS) is 10.4. The van der Waals surface area contributed by atoms with Gasteiger partial charge in [0.15, 0.2) is 6.61 Å². The van der Waals surface area contributed by atoms with Gasteiger partial charge in [-0.15, -0.1) is 0 Å². The highest BCUT2D eigenvalue weighted by Crippen LogP contribution is 2.14. The first-order chi connectivity index (χ1) is 11.9. The van der Waals surface area contributed by atoms with Crippen LogP contribution in [0.1, 0.15) is 29.8 Å². The molecule has 0 saturated carbocycles. The summed E-state index contributed by atoms with van der Waals surface area (Å²) in [5.74, 6) is -0.270. The van der Waals surface area contributed by atoms with Crippen LogP contribution < -0.4 is 10.1 Å². The van der Waals surface area contributed by atoms with Crippen molar-refractivity contribution in [1.82, 2.24) is 5.32 Å². The zero-order valence-corrected chi connectivity index (χ0v) is 14.9. The number of rotatable bonds is 7. The predicted octanol–water partition coefficient (Wildman–Crippen LogP) is 3.60. The molecule has 2 aromatic rings. The monoisotopic (exact) mass is 361 g/mol. The lowest BCUT2D eigenvalue weighted by atomic mass is 10.2. The standard InChI is InChI=1S/C19H20ClNO4/c1-13(2)25-17-8-6-15(7-9-17)19(23)24-12-18(22)21-11-14-4-3-5-16(20)10-14/h3-10,13H,11-12H2,1-2H3,(H,21,22).